The van der Waals surface area contributed by atoms with Crippen molar-refractivity contribution in [2.24, 2.45) is 11.8 Å². The van der Waals surface area contributed by atoms with Crippen LogP contribution in [-0.4, -0.2) is 42.6 Å². The van der Waals surface area contributed by atoms with Crippen LogP contribution in [0.15, 0.2) is 0 Å². The molecule has 1 saturated heterocycles. The highest BCUT2D eigenvalue weighted by molar-refractivity contribution is 7.89. The Kier molecular flexibility index (Phi) is 4.27. The summed E-state index contributed by atoms with van der Waals surface area (Å²) in [5, 5.41) is 8.63. The van der Waals surface area contributed by atoms with Gasteiger partial charge in [0, 0.05) is 19.5 Å². The van der Waals surface area contributed by atoms with Gasteiger partial charge in [0.05, 0.1) is 5.75 Å². The predicted octanol–water partition coefficient (Wildman–Crippen LogP) is 1.30. The fourth-order valence-electron chi connectivity index (χ4n) is 2.49. The molecule has 0 atom stereocenters. The number of hydrogen-bond acceptors (Lipinski definition) is 3. The lowest BCUT2D eigenvalue weighted by Gasteiger charge is -2.31. The number of aliphatic carboxylic acids is 1. The molecule has 1 N–H and O–H groups in total. The summed E-state index contributed by atoms with van der Waals surface area (Å²) < 4.78 is 25.7. The summed E-state index contributed by atoms with van der Waals surface area (Å²) in [5.74, 6) is 0.305. The van der Waals surface area contributed by atoms with Crippen LogP contribution in [0.2, 0.25) is 0 Å². The van der Waals surface area contributed by atoms with E-state index in [1.807, 2.05) is 0 Å². The molecule has 0 bridgehead atoms. The average molecular weight is 275 g/mol. The van der Waals surface area contributed by atoms with Gasteiger partial charge in [-0.2, -0.15) is 0 Å². The zero-order valence-electron chi connectivity index (χ0n) is 10.5. The summed E-state index contributed by atoms with van der Waals surface area (Å²) in [6.07, 6.45) is 4.57. The highest BCUT2D eigenvalue weighted by atomic mass is 32.2. The SMILES string of the molecule is O=C(O)CCC1CCN(S(=O)(=O)CC2CC2)CC1. The van der Waals surface area contributed by atoms with Gasteiger partial charge in [0.2, 0.25) is 10.0 Å². The van der Waals surface area contributed by atoms with Crippen molar-refractivity contribution in [3.05, 3.63) is 0 Å². The Morgan fingerprint density at radius 3 is 2.22 bits per heavy atom. The summed E-state index contributed by atoms with van der Waals surface area (Å²) in [7, 11) is -3.06. The van der Waals surface area contributed by atoms with Crippen LogP contribution in [-0.2, 0) is 14.8 Å². The summed E-state index contributed by atoms with van der Waals surface area (Å²) in [4.78, 5) is 10.5. The fraction of sp³-hybridized carbons (Fsp3) is 0.917. The maximum atomic E-state index is 12.0. The van der Waals surface area contributed by atoms with Gasteiger partial charge in [0.25, 0.3) is 0 Å². The van der Waals surface area contributed by atoms with Crippen molar-refractivity contribution >= 4 is 16.0 Å². The molecule has 1 aliphatic heterocycles. The Morgan fingerprint density at radius 2 is 1.72 bits per heavy atom. The first-order chi connectivity index (χ1) is 8.47. The van der Waals surface area contributed by atoms with E-state index in [9.17, 15) is 13.2 Å². The van der Waals surface area contributed by atoms with E-state index < -0.39 is 16.0 Å². The van der Waals surface area contributed by atoms with Crippen LogP contribution in [0.4, 0.5) is 0 Å². The third-order valence-electron chi connectivity index (χ3n) is 3.88. The number of carbonyl (C=O) groups is 1. The molecule has 0 unspecified atom stereocenters. The van der Waals surface area contributed by atoms with Crippen molar-refractivity contribution in [1.82, 2.24) is 4.31 Å². The van der Waals surface area contributed by atoms with Gasteiger partial charge < -0.3 is 5.11 Å². The Balaban J connectivity index is 1.76. The van der Waals surface area contributed by atoms with E-state index in [0.717, 1.165) is 25.7 Å². The van der Waals surface area contributed by atoms with Gasteiger partial charge in [-0.05, 0) is 43.9 Å². The maximum Gasteiger partial charge on any atom is 0.303 e. The molecule has 5 nitrogen and oxygen atoms in total. The molecule has 1 saturated carbocycles. The molecule has 104 valence electrons. The molecule has 2 rings (SSSR count). The monoisotopic (exact) mass is 275 g/mol. The third kappa shape index (κ3) is 3.95. The number of nitrogens with zero attached hydrogens (tertiary/aromatic N) is 1. The minimum Gasteiger partial charge on any atom is -0.481 e. The van der Waals surface area contributed by atoms with Crippen molar-refractivity contribution in [2.75, 3.05) is 18.8 Å². The van der Waals surface area contributed by atoms with E-state index >= 15 is 0 Å². The van der Waals surface area contributed by atoms with Gasteiger partial charge in [0.1, 0.15) is 0 Å². The number of carboxylic acids is 1. The summed E-state index contributed by atoms with van der Waals surface area (Å²) >= 11 is 0. The first-order valence-electron chi connectivity index (χ1n) is 6.67. The van der Waals surface area contributed by atoms with Gasteiger partial charge in [-0.3, -0.25) is 4.79 Å². The number of rotatable bonds is 6. The van der Waals surface area contributed by atoms with Crippen LogP contribution in [0, 0.1) is 11.8 Å². The quantitative estimate of drug-likeness (QED) is 0.793. The minimum absolute atomic E-state index is 0.194. The van der Waals surface area contributed by atoms with E-state index in [1.165, 1.54) is 0 Å². The van der Waals surface area contributed by atoms with Crippen molar-refractivity contribution in [2.45, 2.75) is 38.5 Å². The third-order valence-corrected chi connectivity index (χ3v) is 5.92. The lowest BCUT2D eigenvalue weighted by molar-refractivity contribution is -0.137. The van der Waals surface area contributed by atoms with Gasteiger partial charge in [-0.25, -0.2) is 12.7 Å². The van der Waals surface area contributed by atoms with Gasteiger partial charge >= 0.3 is 5.97 Å². The molecule has 6 heteroatoms. The second kappa shape index (κ2) is 5.57. The molecule has 0 amide bonds. The summed E-state index contributed by atoms with van der Waals surface area (Å²) in [5.41, 5.74) is 0. The Hall–Kier alpha value is -0.620. The van der Waals surface area contributed by atoms with Gasteiger partial charge in [-0.15, -0.1) is 0 Å². The van der Waals surface area contributed by atoms with E-state index in [2.05, 4.69) is 0 Å². The van der Waals surface area contributed by atoms with Crippen molar-refractivity contribution in [3.8, 4) is 0 Å². The smallest absolute Gasteiger partial charge is 0.303 e. The lowest BCUT2D eigenvalue weighted by atomic mass is 9.93. The fourth-order valence-corrected chi connectivity index (χ4v) is 4.40. The van der Waals surface area contributed by atoms with Crippen LogP contribution in [0.25, 0.3) is 0 Å². The molecule has 18 heavy (non-hydrogen) atoms. The van der Waals surface area contributed by atoms with E-state index in [0.29, 0.717) is 37.1 Å². The van der Waals surface area contributed by atoms with E-state index in [4.69, 9.17) is 5.11 Å². The van der Waals surface area contributed by atoms with Crippen LogP contribution >= 0.6 is 0 Å². The number of sulfonamides is 1. The lowest BCUT2D eigenvalue weighted by Crippen LogP contribution is -2.40. The molecular formula is C12H21NO4S. The standard InChI is InChI=1S/C12H21NO4S/c14-12(15)4-3-10-5-7-13(8-6-10)18(16,17)9-11-1-2-11/h10-11H,1-9H2,(H,14,15). The molecule has 0 aromatic carbocycles. The highest BCUT2D eigenvalue weighted by Gasteiger charge is 2.33. The highest BCUT2D eigenvalue weighted by Crippen LogP contribution is 2.32. The second-order valence-corrected chi connectivity index (χ2v) is 7.51. The van der Waals surface area contributed by atoms with Crippen LogP contribution < -0.4 is 0 Å². The average Bonchev–Trinajstić information content (AvgIpc) is 3.10. The predicted molar refractivity (Wildman–Crippen MR) is 67.7 cm³/mol. The molecule has 0 spiro atoms. The number of carboxylic acid groups (broad SMARTS) is 1. The van der Waals surface area contributed by atoms with Gasteiger partial charge in [0.15, 0.2) is 0 Å². The zero-order chi connectivity index (χ0) is 13.2. The largest absolute Gasteiger partial charge is 0.481 e. The first kappa shape index (κ1) is 13.8. The van der Waals surface area contributed by atoms with Crippen LogP contribution in [0.5, 0.6) is 0 Å². The van der Waals surface area contributed by atoms with Crippen molar-refractivity contribution in [1.29, 1.82) is 0 Å². The number of hydrogen-bond donors (Lipinski definition) is 1. The second-order valence-electron chi connectivity index (χ2n) is 5.50. The van der Waals surface area contributed by atoms with Gasteiger partial charge in [-0.1, -0.05) is 0 Å². The van der Waals surface area contributed by atoms with Crippen molar-refractivity contribution < 1.29 is 18.3 Å². The van der Waals surface area contributed by atoms with E-state index in [-0.39, 0.29) is 6.42 Å². The first-order valence-corrected chi connectivity index (χ1v) is 8.28. The summed E-state index contributed by atoms with van der Waals surface area (Å²) in [6, 6.07) is 0. The van der Waals surface area contributed by atoms with Crippen LogP contribution in [0.3, 0.4) is 0 Å². The molecule has 0 radical (unpaired) electrons. The Bertz CT molecular complexity index is 394. The van der Waals surface area contributed by atoms with Crippen LogP contribution in [0.1, 0.15) is 38.5 Å². The minimum atomic E-state index is -3.06. The van der Waals surface area contributed by atoms with Crippen molar-refractivity contribution in [3.63, 3.8) is 0 Å². The van der Waals surface area contributed by atoms with E-state index in [1.54, 1.807) is 4.31 Å². The number of piperidine rings is 1. The molecule has 0 aromatic rings. The maximum absolute atomic E-state index is 12.0. The molecule has 1 heterocycles. The molecule has 2 aliphatic rings. The molecule has 0 aromatic heterocycles. The topological polar surface area (TPSA) is 74.7 Å². The molecule has 1 aliphatic carbocycles. The normalized spacial score (nSPS) is 23.1. The Morgan fingerprint density at radius 1 is 1.11 bits per heavy atom. The zero-order valence-corrected chi connectivity index (χ0v) is 11.4. The molecular weight excluding hydrogens is 254 g/mol. The molecule has 2 fully saturated rings. The summed E-state index contributed by atoms with van der Waals surface area (Å²) in [6.45, 7) is 1.14. The Labute approximate surface area is 108 Å².